The fraction of sp³-hybridized carbons (Fsp3) is 0.222. The molecule has 1 aliphatic rings. The van der Waals surface area contributed by atoms with Gasteiger partial charge < -0.3 is 9.57 Å². The lowest BCUT2D eigenvalue weighted by Crippen LogP contribution is -2.05. The Bertz CT molecular complexity index is 820. The van der Waals surface area contributed by atoms with Crippen molar-refractivity contribution in [2.45, 2.75) is 17.7 Å². The summed E-state index contributed by atoms with van der Waals surface area (Å²) in [5, 5.41) is 4.41. The van der Waals surface area contributed by atoms with Gasteiger partial charge in [-0.05, 0) is 61.1 Å². The number of carbonyl (C=O) groups is 1. The van der Waals surface area contributed by atoms with E-state index in [4.69, 9.17) is 21.2 Å². The molecule has 2 aromatic rings. The number of carbonyl (C=O) groups excluding carboxylic acids is 1. The van der Waals surface area contributed by atoms with E-state index in [9.17, 15) is 4.79 Å². The number of oxime groups is 1. The second-order valence-electron chi connectivity index (χ2n) is 5.29. The first-order valence-electron chi connectivity index (χ1n) is 7.41. The highest BCUT2D eigenvalue weighted by Gasteiger charge is 2.20. The molecule has 0 saturated carbocycles. The number of aryl methyl sites for hydroxylation is 1. The quantitative estimate of drug-likeness (QED) is 0.454. The third kappa shape index (κ3) is 3.42. The number of thioether (sulfide) groups is 1. The summed E-state index contributed by atoms with van der Waals surface area (Å²) in [5.41, 5.74) is 3.22. The molecule has 0 fully saturated rings. The van der Waals surface area contributed by atoms with E-state index in [1.54, 1.807) is 19.2 Å². The lowest BCUT2D eigenvalue weighted by atomic mass is 10.1. The van der Waals surface area contributed by atoms with Gasteiger partial charge in [-0.2, -0.15) is 0 Å². The maximum atomic E-state index is 12.3. The monoisotopic (exact) mass is 361 g/mol. The number of rotatable bonds is 4. The van der Waals surface area contributed by atoms with Crippen molar-refractivity contribution < 1.29 is 14.4 Å². The summed E-state index contributed by atoms with van der Waals surface area (Å²) in [4.78, 5) is 18.3. The summed E-state index contributed by atoms with van der Waals surface area (Å²) >= 11 is 7.62. The highest BCUT2D eigenvalue weighted by Crippen LogP contribution is 2.27. The first kappa shape index (κ1) is 16.9. The molecule has 1 aliphatic carbocycles. The Hall–Kier alpha value is -1.98. The van der Waals surface area contributed by atoms with E-state index in [0.717, 1.165) is 40.3 Å². The number of hydrogen-bond acceptors (Lipinski definition) is 5. The van der Waals surface area contributed by atoms with Gasteiger partial charge >= 0.3 is 5.97 Å². The average molecular weight is 362 g/mol. The van der Waals surface area contributed by atoms with Crippen molar-refractivity contribution in [1.82, 2.24) is 0 Å². The van der Waals surface area contributed by atoms with Crippen LogP contribution in [0.4, 0.5) is 0 Å². The van der Waals surface area contributed by atoms with Gasteiger partial charge in [0, 0.05) is 10.5 Å². The van der Waals surface area contributed by atoms with E-state index in [-0.39, 0.29) is 0 Å². The van der Waals surface area contributed by atoms with Crippen molar-refractivity contribution in [3.05, 3.63) is 58.1 Å². The molecule has 4 nitrogen and oxygen atoms in total. The zero-order chi connectivity index (χ0) is 17.1. The van der Waals surface area contributed by atoms with E-state index < -0.39 is 5.97 Å². The lowest BCUT2D eigenvalue weighted by Gasteiger charge is -2.05. The van der Waals surface area contributed by atoms with Crippen LogP contribution in [-0.4, -0.2) is 25.0 Å². The van der Waals surface area contributed by atoms with Crippen molar-refractivity contribution in [2.24, 2.45) is 5.16 Å². The predicted octanol–water partition coefficient (Wildman–Crippen LogP) is 4.58. The van der Waals surface area contributed by atoms with Crippen LogP contribution in [0.25, 0.3) is 0 Å². The van der Waals surface area contributed by atoms with E-state index in [0.29, 0.717) is 10.6 Å². The van der Waals surface area contributed by atoms with Crippen molar-refractivity contribution in [2.75, 3.05) is 13.4 Å². The fourth-order valence-corrected chi connectivity index (χ4v) is 3.24. The van der Waals surface area contributed by atoms with E-state index in [1.165, 1.54) is 11.8 Å². The Morgan fingerprint density at radius 2 is 2.04 bits per heavy atom. The van der Waals surface area contributed by atoms with Crippen molar-refractivity contribution in [3.8, 4) is 5.75 Å². The van der Waals surface area contributed by atoms with Crippen LogP contribution < -0.4 is 4.74 Å². The van der Waals surface area contributed by atoms with Gasteiger partial charge in [-0.1, -0.05) is 16.8 Å². The second kappa shape index (κ2) is 7.28. The molecule has 0 radical (unpaired) electrons. The molecule has 6 heteroatoms. The molecule has 0 heterocycles. The van der Waals surface area contributed by atoms with Crippen LogP contribution in [0.1, 0.15) is 27.9 Å². The predicted molar refractivity (Wildman–Crippen MR) is 96.5 cm³/mol. The van der Waals surface area contributed by atoms with Crippen LogP contribution in [0.3, 0.4) is 0 Å². The van der Waals surface area contributed by atoms with Crippen molar-refractivity contribution >= 4 is 35.0 Å². The Kier molecular flexibility index (Phi) is 5.11. The third-order valence-electron chi connectivity index (χ3n) is 3.89. The molecule has 2 aromatic carbocycles. The molecule has 0 aliphatic heterocycles. The van der Waals surface area contributed by atoms with Gasteiger partial charge in [-0.15, -0.1) is 11.8 Å². The van der Waals surface area contributed by atoms with Gasteiger partial charge in [0.05, 0.1) is 23.4 Å². The molecule has 0 N–H and O–H groups in total. The first-order valence-corrected chi connectivity index (χ1v) is 9.01. The molecule has 0 spiro atoms. The number of benzene rings is 2. The number of hydrogen-bond donors (Lipinski definition) is 0. The number of nitrogens with zero attached hydrogens (tertiary/aromatic N) is 1. The number of ether oxygens (including phenoxy) is 1. The average Bonchev–Trinajstić information content (AvgIpc) is 3.02. The second-order valence-corrected chi connectivity index (χ2v) is 6.57. The lowest BCUT2D eigenvalue weighted by molar-refractivity contribution is 0.0516. The third-order valence-corrected chi connectivity index (χ3v) is 4.94. The van der Waals surface area contributed by atoms with Crippen molar-refractivity contribution in [1.29, 1.82) is 0 Å². The van der Waals surface area contributed by atoms with Crippen LogP contribution in [0.2, 0.25) is 5.02 Å². The molecule has 124 valence electrons. The Labute approximate surface area is 149 Å². The molecule has 24 heavy (non-hydrogen) atoms. The molecular formula is C18H16ClNO3S. The summed E-state index contributed by atoms with van der Waals surface area (Å²) in [7, 11) is 1.64. The number of fused-ring (bicyclic) bond motifs is 1. The van der Waals surface area contributed by atoms with Crippen LogP contribution in [0, 0.1) is 0 Å². The summed E-state index contributed by atoms with van der Waals surface area (Å²) in [6.45, 7) is 0. The minimum atomic E-state index is -0.551. The maximum Gasteiger partial charge on any atom is 0.367 e. The summed E-state index contributed by atoms with van der Waals surface area (Å²) in [6.07, 6.45) is 3.52. The van der Waals surface area contributed by atoms with Crippen LogP contribution in [0.15, 0.2) is 46.4 Å². The van der Waals surface area contributed by atoms with Gasteiger partial charge in [0.1, 0.15) is 5.75 Å². The molecule has 3 rings (SSSR count). The maximum absolute atomic E-state index is 12.3. The zero-order valence-electron chi connectivity index (χ0n) is 13.3. The number of methoxy groups -OCH3 is 1. The van der Waals surface area contributed by atoms with E-state index in [1.807, 2.05) is 30.5 Å². The van der Waals surface area contributed by atoms with Crippen LogP contribution >= 0.6 is 23.4 Å². The van der Waals surface area contributed by atoms with Crippen LogP contribution in [0.5, 0.6) is 5.75 Å². The largest absolute Gasteiger partial charge is 0.497 e. The highest BCUT2D eigenvalue weighted by atomic mass is 35.5. The molecule has 0 unspecified atom stereocenters. The molecule has 0 amide bonds. The molecule has 0 aromatic heterocycles. The first-order chi connectivity index (χ1) is 11.6. The van der Waals surface area contributed by atoms with Crippen molar-refractivity contribution in [3.63, 3.8) is 0 Å². The zero-order valence-corrected chi connectivity index (χ0v) is 14.9. The van der Waals surface area contributed by atoms with Crippen LogP contribution in [-0.2, 0) is 11.3 Å². The number of halogens is 1. The van der Waals surface area contributed by atoms with Gasteiger partial charge in [0.2, 0.25) is 0 Å². The van der Waals surface area contributed by atoms with Gasteiger partial charge in [0.25, 0.3) is 0 Å². The van der Waals surface area contributed by atoms with Gasteiger partial charge in [0.15, 0.2) is 0 Å². The summed E-state index contributed by atoms with van der Waals surface area (Å²) in [5.74, 6) is 0.262. The van der Waals surface area contributed by atoms with Gasteiger partial charge in [-0.3, -0.25) is 0 Å². The minimum Gasteiger partial charge on any atom is -0.497 e. The Morgan fingerprint density at radius 1 is 1.21 bits per heavy atom. The fourth-order valence-electron chi connectivity index (χ4n) is 2.60. The molecule has 0 bridgehead atoms. The Morgan fingerprint density at radius 3 is 2.79 bits per heavy atom. The minimum absolute atomic E-state index is 0.320. The smallest absolute Gasteiger partial charge is 0.367 e. The Balaban J connectivity index is 1.79. The van der Waals surface area contributed by atoms with Gasteiger partial charge in [-0.25, -0.2) is 4.79 Å². The SMILES string of the molecule is COc1ccc2c(c1)CCC2=NOC(=O)c1cc(SC)ccc1Cl. The molecule has 0 atom stereocenters. The van der Waals surface area contributed by atoms with E-state index in [2.05, 4.69) is 5.16 Å². The summed E-state index contributed by atoms with van der Waals surface area (Å²) in [6, 6.07) is 11.1. The highest BCUT2D eigenvalue weighted by molar-refractivity contribution is 7.98. The molecular weight excluding hydrogens is 346 g/mol. The van der Waals surface area contributed by atoms with E-state index >= 15 is 0 Å². The topological polar surface area (TPSA) is 47.9 Å². The normalized spacial score (nSPS) is 14.5. The summed E-state index contributed by atoms with van der Waals surface area (Å²) < 4.78 is 5.22. The molecule has 0 saturated heterocycles. The standard InChI is InChI=1S/C18H16ClNO3S/c1-22-12-4-6-14-11(9-12)3-8-17(14)20-23-18(21)15-10-13(24-2)5-7-16(15)19/h4-7,9-10H,3,8H2,1-2H3.